The topological polar surface area (TPSA) is 33.1 Å². The molecule has 0 radical (unpaired) electrons. The van der Waals surface area contributed by atoms with E-state index in [2.05, 4.69) is 4.98 Å². The predicted octanol–water partition coefficient (Wildman–Crippen LogP) is 6.05. The van der Waals surface area contributed by atoms with Gasteiger partial charge in [0.2, 0.25) is 0 Å². The SMILES string of the molecule is Cc1ccc(F)cc1C(C)(C)C(C)C(O)(c1ccnc2ccccc12)C(F)(F)F. The number of hydrogen-bond acceptors (Lipinski definition) is 2. The number of hydrogen-bond donors (Lipinski definition) is 1. The van der Waals surface area contributed by atoms with Gasteiger partial charge in [-0.2, -0.15) is 13.2 Å². The molecule has 0 aliphatic heterocycles. The Kier molecular flexibility index (Phi) is 5.20. The number of pyridine rings is 1. The van der Waals surface area contributed by atoms with Crippen molar-refractivity contribution in [3.05, 3.63) is 77.2 Å². The highest BCUT2D eigenvalue weighted by Crippen LogP contribution is 2.52. The van der Waals surface area contributed by atoms with E-state index in [1.807, 2.05) is 0 Å². The molecule has 0 saturated carbocycles. The van der Waals surface area contributed by atoms with Crippen molar-refractivity contribution in [1.29, 1.82) is 0 Å². The van der Waals surface area contributed by atoms with E-state index < -0.39 is 28.9 Å². The van der Waals surface area contributed by atoms with Crippen LogP contribution in [0.5, 0.6) is 0 Å². The quantitative estimate of drug-likeness (QED) is 0.537. The summed E-state index contributed by atoms with van der Waals surface area (Å²) < 4.78 is 57.3. The molecule has 0 spiro atoms. The Bertz CT molecular complexity index is 1040. The normalized spacial score (nSPS) is 15.9. The number of alkyl halides is 3. The van der Waals surface area contributed by atoms with E-state index in [0.717, 1.165) is 0 Å². The number of fused-ring (bicyclic) bond motifs is 1. The Morgan fingerprint density at radius 1 is 0.966 bits per heavy atom. The van der Waals surface area contributed by atoms with Crippen LogP contribution in [0.4, 0.5) is 17.6 Å². The van der Waals surface area contributed by atoms with E-state index in [1.54, 1.807) is 39.0 Å². The molecule has 29 heavy (non-hydrogen) atoms. The third-order valence-electron chi connectivity index (χ3n) is 6.09. The largest absolute Gasteiger partial charge is 0.421 e. The summed E-state index contributed by atoms with van der Waals surface area (Å²) in [5.74, 6) is -1.86. The van der Waals surface area contributed by atoms with Crippen molar-refractivity contribution < 1.29 is 22.7 Å². The fourth-order valence-electron chi connectivity index (χ4n) is 4.10. The number of aliphatic hydroxyl groups is 1. The second-order valence-electron chi connectivity index (χ2n) is 8.04. The smallest absolute Gasteiger partial charge is 0.376 e. The lowest BCUT2D eigenvalue weighted by atomic mass is 9.63. The van der Waals surface area contributed by atoms with E-state index in [0.29, 0.717) is 16.6 Å². The molecular formula is C23H23F4NO. The summed E-state index contributed by atoms with van der Waals surface area (Å²) in [5.41, 5.74) is -3.18. The minimum Gasteiger partial charge on any atom is -0.376 e. The van der Waals surface area contributed by atoms with Gasteiger partial charge in [0.1, 0.15) is 5.82 Å². The lowest BCUT2D eigenvalue weighted by Gasteiger charge is -2.45. The minimum absolute atomic E-state index is 0.230. The third-order valence-corrected chi connectivity index (χ3v) is 6.09. The number of aryl methyl sites for hydroxylation is 1. The van der Waals surface area contributed by atoms with Crippen LogP contribution in [0.2, 0.25) is 0 Å². The summed E-state index contributed by atoms with van der Waals surface area (Å²) in [7, 11) is 0. The third kappa shape index (κ3) is 3.39. The average Bonchev–Trinajstić information content (AvgIpc) is 2.67. The van der Waals surface area contributed by atoms with Crippen LogP contribution in [0.1, 0.15) is 37.5 Å². The first kappa shape index (κ1) is 21.2. The van der Waals surface area contributed by atoms with Crippen LogP contribution in [0.25, 0.3) is 10.9 Å². The molecule has 1 N–H and O–H groups in total. The first-order valence-electron chi connectivity index (χ1n) is 9.30. The number of nitrogens with zero attached hydrogens (tertiary/aromatic N) is 1. The predicted molar refractivity (Wildman–Crippen MR) is 105 cm³/mol. The van der Waals surface area contributed by atoms with Crippen LogP contribution in [-0.2, 0) is 11.0 Å². The molecule has 3 rings (SSSR count). The second-order valence-corrected chi connectivity index (χ2v) is 8.04. The number of benzene rings is 2. The average molecular weight is 405 g/mol. The molecule has 1 aromatic heterocycles. The Morgan fingerprint density at radius 3 is 2.28 bits per heavy atom. The van der Waals surface area contributed by atoms with Crippen molar-refractivity contribution in [3.63, 3.8) is 0 Å². The van der Waals surface area contributed by atoms with Crippen molar-refractivity contribution in [3.8, 4) is 0 Å². The summed E-state index contributed by atoms with van der Waals surface area (Å²) in [5, 5.41) is 11.5. The molecule has 0 bridgehead atoms. The van der Waals surface area contributed by atoms with Gasteiger partial charge in [-0.25, -0.2) is 4.39 Å². The summed E-state index contributed by atoms with van der Waals surface area (Å²) in [6.07, 6.45) is -3.70. The van der Waals surface area contributed by atoms with Crippen molar-refractivity contribution in [1.82, 2.24) is 4.98 Å². The Labute approximate surface area is 167 Å². The maximum absolute atomic E-state index is 14.4. The highest BCUT2D eigenvalue weighted by molar-refractivity contribution is 5.83. The highest BCUT2D eigenvalue weighted by Gasteiger charge is 2.62. The fourth-order valence-corrected chi connectivity index (χ4v) is 4.10. The molecule has 0 amide bonds. The molecular weight excluding hydrogens is 382 g/mol. The van der Waals surface area contributed by atoms with Crippen molar-refractivity contribution in [2.24, 2.45) is 5.92 Å². The van der Waals surface area contributed by atoms with Gasteiger partial charge < -0.3 is 5.11 Å². The van der Waals surface area contributed by atoms with Gasteiger partial charge >= 0.3 is 6.18 Å². The summed E-state index contributed by atoms with van der Waals surface area (Å²) in [4.78, 5) is 4.11. The van der Waals surface area contributed by atoms with Gasteiger partial charge in [-0.1, -0.05) is 45.0 Å². The fraction of sp³-hybridized carbons (Fsp3) is 0.348. The van der Waals surface area contributed by atoms with Crippen molar-refractivity contribution >= 4 is 10.9 Å². The monoisotopic (exact) mass is 405 g/mol. The summed E-state index contributed by atoms with van der Waals surface area (Å²) in [6, 6.07) is 11.7. The minimum atomic E-state index is -4.96. The number of halogens is 4. The molecule has 2 atom stereocenters. The van der Waals surface area contributed by atoms with Crippen molar-refractivity contribution in [2.45, 2.75) is 44.9 Å². The molecule has 0 aliphatic carbocycles. The van der Waals surface area contributed by atoms with Crippen LogP contribution in [-0.4, -0.2) is 16.3 Å². The van der Waals surface area contributed by atoms with E-state index in [-0.39, 0.29) is 10.9 Å². The standard InChI is InChI=1S/C23H23F4NO/c1-14-9-10-16(24)13-19(14)21(3,4)15(2)22(29,23(25,26)27)18-11-12-28-20-8-6-5-7-17(18)20/h5-13,15,29H,1-4H3. The molecule has 0 fully saturated rings. The molecule has 0 aliphatic rings. The van der Waals surface area contributed by atoms with Gasteiger partial charge in [0.15, 0.2) is 5.60 Å². The maximum Gasteiger partial charge on any atom is 0.421 e. The van der Waals surface area contributed by atoms with Crippen molar-refractivity contribution in [2.75, 3.05) is 0 Å². The molecule has 2 aromatic carbocycles. The zero-order valence-corrected chi connectivity index (χ0v) is 16.7. The number of para-hydroxylation sites is 1. The molecule has 154 valence electrons. The second kappa shape index (κ2) is 7.10. The van der Waals surface area contributed by atoms with Crippen LogP contribution < -0.4 is 0 Å². The Hall–Kier alpha value is -2.47. The molecule has 1 heterocycles. The number of rotatable bonds is 4. The van der Waals surface area contributed by atoms with Crippen LogP contribution in [0.15, 0.2) is 54.7 Å². The first-order valence-corrected chi connectivity index (χ1v) is 9.30. The van der Waals surface area contributed by atoms with Crippen LogP contribution >= 0.6 is 0 Å². The lowest BCUT2D eigenvalue weighted by molar-refractivity contribution is -0.291. The van der Waals surface area contributed by atoms with Crippen LogP contribution in [0, 0.1) is 18.7 Å². The van der Waals surface area contributed by atoms with E-state index in [1.165, 1.54) is 43.5 Å². The lowest BCUT2D eigenvalue weighted by Crippen LogP contribution is -2.53. The van der Waals surface area contributed by atoms with Gasteiger partial charge in [-0.05, 0) is 47.7 Å². The molecule has 3 aromatic rings. The molecule has 2 unspecified atom stereocenters. The Morgan fingerprint density at radius 2 is 1.62 bits per heavy atom. The van der Waals surface area contributed by atoms with Gasteiger partial charge in [-0.3, -0.25) is 4.98 Å². The molecule has 2 nitrogen and oxygen atoms in total. The highest BCUT2D eigenvalue weighted by atomic mass is 19.4. The zero-order chi connectivity index (χ0) is 21.6. The van der Waals surface area contributed by atoms with Crippen LogP contribution in [0.3, 0.4) is 0 Å². The maximum atomic E-state index is 14.4. The first-order chi connectivity index (χ1) is 13.4. The number of aromatic nitrogens is 1. The van der Waals surface area contributed by atoms with Gasteiger partial charge in [0.05, 0.1) is 5.52 Å². The zero-order valence-electron chi connectivity index (χ0n) is 16.7. The molecule has 6 heteroatoms. The summed E-state index contributed by atoms with van der Waals surface area (Å²) >= 11 is 0. The van der Waals surface area contributed by atoms with E-state index >= 15 is 0 Å². The van der Waals surface area contributed by atoms with Gasteiger partial charge in [-0.15, -0.1) is 0 Å². The molecule has 0 saturated heterocycles. The van der Waals surface area contributed by atoms with Gasteiger partial charge in [0, 0.05) is 23.1 Å². The van der Waals surface area contributed by atoms with E-state index in [9.17, 15) is 22.7 Å². The summed E-state index contributed by atoms with van der Waals surface area (Å²) in [6.45, 7) is 6.27. The Balaban J connectivity index is 2.27. The van der Waals surface area contributed by atoms with E-state index in [4.69, 9.17) is 0 Å². The van der Waals surface area contributed by atoms with Gasteiger partial charge in [0.25, 0.3) is 0 Å².